The first-order valence-corrected chi connectivity index (χ1v) is 5.59. The van der Waals surface area contributed by atoms with Crippen LogP contribution in [-0.2, 0) is 6.54 Å². The van der Waals surface area contributed by atoms with E-state index in [1.165, 1.54) is 0 Å². The van der Waals surface area contributed by atoms with E-state index >= 15 is 0 Å². The summed E-state index contributed by atoms with van der Waals surface area (Å²) < 4.78 is 2.71. The number of alkyl halides is 1. The van der Waals surface area contributed by atoms with Crippen LogP contribution in [-0.4, -0.2) is 14.0 Å². The molecule has 0 fully saturated rings. The molecule has 1 heterocycles. The van der Waals surface area contributed by atoms with Gasteiger partial charge in [0.1, 0.15) is 0 Å². The highest BCUT2D eigenvalue weighted by Crippen LogP contribution is 2.08. The molecule has 0 spiro atoms. The fourth-order valence-corrected chi connectivity index (χ4v) is 1.90. The summed E-state index contributed by atoms with van der Waals surface area (Å²) in [5, 5.41) is 0. The van der Waals surface area contributed by atoms with E-state index in [9.17, 15) is 4.79 Å². The molecule has 0 atom stereocenters. The van der Waals surface area contributed by atoms with Crippen LogP contribution in [0.1, 0.15) is 0 Å². The molecular formula is C9H9IN2O. The van der Waals surface area contributed by atoms with Crippen LogP contribution in [0, 0.1) is 0 Å². The Labute approximate surface area is 88.9 Å². The molecule has 3 nitrogen and oxygen atoms in total. The number of imidazole rings is 1. The number of H-pyrrole nitrogens is 1. The van der Waals surface area contributed by atoms with Gasteiger partial charge in [-0.05, 0) is 12.1 Å². The molecule has 1 N–H and O–H groups in total. The molecule has 0 amide bonds. The van der Waals surface area contributed by atoms with E-state index in [1.54, 1.807) is 4.57 Å². The summed E-state index contributed by atoms with van der Waals surface area (Å²) in [7, 11) is 0. The number of para-hydroxylation sites is 2. The summed E-state index contributed by atoms with van der Waals surface area (Å²) in [5.74, 6) is 0. The molecule has 1 aromatic heterocycles. The number of hydrogen-bond donors (Lipinski definition) is 1. The summed E-state index contributed by atoms with van der Waals surface area (Å²) in [6.07, 6.45) is 0. The minimum atomic E-state index is -0.0159. The normalized spacial score (nSPS) is 10.8. The number of fused-ring (bicyclic) bond motifs is 1. The molecule has 2 rings (SSSR count). The molecular weight excluding hydrogens is 279 g/mol. The van der Waals surface area contributed by atoms with Gasteiger partial charge in [0.25, 0.3) is 0 Å². The molecule has 0 aliphatic rings. The quantitative estimate of drug-likeness (QED) is 0.663. The SMILES string of the molecule is O=c1[nH]c2ccccc2n1CCI. The molecule has 0 aliphatic carbocycles. The van der Waals surface area contributed by atoms with E-state index in [2.05, 4.69) is 27.6 Å². The topological polar surface area (TPSA) is 37.8 Å². The first kappa shape index (κ1) is 8.80. The van der Waals surface area contributed by atoms with Crippen molar-refractivity contribution in [1.29, 1.82) is 0 Å². The Balaban J connectivity index is 2.71. The van der Waals surface area contributed by atoms with Crippen molar-refractivity contribution in [3.8, 4) is 0 Å². The van der Waals surface area contributed by atoms with Gasteiger partial charge in [0.05, 0.1) is 11.0 Å². The number of halogens is 1. The largest absolute Gasteiger partial charge is 0.326 e. The van der Waals surface area contributed by atoms with Gasteiger partial charge in [-0.2, -0.15) is 0 Å². The van der Waals surface area contributed by atoms with Gasteiger partial charge in [-0.15, -0.1) is 0 Å². The number of benzene rings is 1. The number of hydrogen-bond acceptors (Lipinski definition) is 1. The minimum absolute atomic E-state index is 0.0159. The van der Waals surface area contributed by atoms with E-state index < -0.39 is 0 Å². The zero-order valence-electron chi connectivity index (χ0n) is 6.96. The van der Waals surface area contributed by atoms with Gasteiger partial charge in [-0.25, -0.2) is 4.79 Å². The van der Waals surface area contributed by atoms with Crippen LogP contribution in [0.15, 0.2) is 29.1 Å². The van der Waals surface area contributed by atoms with Crippen molar-refractivity contribution < 1.29 is 0 Å². The van der Waals surface area contributed by atoms with E-state index in [0.717, 1.165) is 22.0 Å². The van der Waals surface area contributed by atoms with E-state index in [1.807, 2.05) is 24.3 Å². The van der Waals surface area contributed by atoms with Gasteiger partial charge in [-0.1, -0.05) is 34.7 Å². The Bertz CT molecular complexity index is 472. The van der Waals surface area contributed by atoms with Crippen LogP contribution in [0.5, 0.6) is 0 Å². The van der Waals surface area contributed by atoms with E-state index in [4.69, 9.17) is 0 Å². The fraction of sp³-hybridized carbons (Fsp3) is 0.222. The fourth-order valence-electron chi connectivity index (χ4n) is 1.41. The number of nitrogens with one attached hydrogen (secondary N) is 1. The third-order valence-electron chi connectivity index (χ3n) is 1.99. The lowest BCUT2D eigenvalue weighted by atomic mass is 10.3. The second-order valence-corrected chi connectivity index (χ2v) is 3.87. The number of nitrogens with zero attached hydrogens (tertiary/aromatic N) is 1. The second-order valence-electron chi connectivity index (χ2n) is 2.79. The summed E-state index contributed by atoms with van der Waals surface area (Å²) >= 11 is 2.26. The van der Waals surface area contributed by atoms with Gasteiger partial charge in [0, 0.05) is 11.0 Å². The molecule has 0 saturated carbocycles. The number of rotatable bonds is 2. The Morgan fingerprint density at radius 2 is 2.15 bits per heavy atom. The molecule has 0 bridgehead atoms. The zero-order chi connectivity index (χ0) is 9.26. The monoisotopic (exact) mass is 288 g/mol. The van der Waals surface area contributed by atoms with E-state index in [-0.39, 0.29) is 5.69 Å². The summed E-state index contributed by atoms with van der Waals surface area (Å²) in [6, 6.07) is 7.74. The third-order valence-corrected chi connectivity index (χ3v) is 2.47. The number of aromatic nitrogens is 2. The maximum atomic E-state index is 11.4. The molecule has 13 heavy (non-hydrogen) atoms. The summed E-state index contributed by atoms with van der Waals surface area (Å²) in [5.41, 5.74) is 1.89. The van der Waals surface area contributed by atoms with Crippen molar-refractivity contribution in [2.75, 3.05) is 4.43 Å². The van der Waals surface area contributed by atoms with Crippen LogP contribution >= 0.6 is 22.6 Å². The van der Waals surface area contributed by atoms with Gasteiger partial charge in [-0.3, -0.25) is 4.57 Å². The lowest BCUT2D eigenvalue weighted by molar-refractivity contribution is 0.769. The van der Waals surface area contributed by atoms with Crippen molar-refractivity contribution in [2.45, 2.75) is 6.54 Å². The predicted octanol–water partition coefficient (Wildman–Crippen LogP) is 1.76. The maximum Gasteiger partial charge on any atom is 0.326 e. The molecule has 0 aliphatic heterocycles. The Kier molecular flexibility index (Phi) is 2.39. The molecule has 68 valence electrons. The standard InChI is InChI=1S/C9H9IN2O/c10-5-6-12-8-4-2-1-3-7(8)11-9(12)13/h1-4H,5-6H2,(H,11,13). The molecule has 0 saturated heterocycles. The van der Waals surface area contributed by atoms with Crippen LogP contribution < -0.4 is 5.69 Å². The average molecular weight is 288 g/mol. The van der Waals surface area contributed by atoms with Crippen LogP contribution in [0.4, 0.5) is 0 Å². The zero-order valence-corrected chi connectivity index (χ0v) is 9.11. The molecule has 4 heteroatoms. The smallest absolute Gasteiger partial charge is 0.306 e. The summed E-state index contributed by atoms with van der Waals surface area (Å²) in [6.45, 7) is 0.767. The Morgan fingerprint density at radius 1 is 1.38 bits per heavy atom. The van der Waals surface area contributed by atoms with Crippen molar-refractivity contribution in [1.82, 2.24) is 9.55 Å². The van der Waals surface area contributed by atoms with Gasteiger partial charge in [0.15, 0.2) is 0 Å². The van der Waals surface area contributed by atoms with Gasteiger partial charge < -0.3 is 4.98 Å². The molecule has 2 aromatic rings. The average Bonchev–Trinajstić information content (AvgIpc) is 2.44. The first-order valence-electron chi connectivity index (χ1n) is 4.06. The van der Waals surface area contributed by atoms with Crippen molar-refractivity contribution in [2.24, 2.45) is 0 Å². The third kappa shape index (κ3) is 1.50. The highest BCUT2D eigenvalue weighted by Gasteiger charge is 2.03. The van der Waals surface area contributed by atoms with Crippen LogP contribution in [0.25, 0.3) is 11.0 Å². The lowest BCUT2D eigenvalue weighted by Crippen LogP contribution is -2.17. The van der Waals surface area contributed by atoms with Gasteiger partial charge >= 0.3 is 5.69 Å². The molecule has 1 aromatic carbocycles. The minimum Gasteiger partial charge on any atom is -0.306 e. The van der Waals surface area contributed by atoms with Crippen molar-refractivity contribution in [3.63, 3.8) is 0 Å². The van der Waals surface area contributed by atoms with Crippen LogP contribution in [0.2, 0.25) is 0 Å². The first-order chi connectivity index (χ1) is 6.33. The Morgan fingerprint density at radius 3 is 2.92 bits per heavy atom. The lowest BCUT2D eigenvalue weighted by Gasteiger charge is -1.97. The molecule has 0 unspecified atom stereocenters. The highest BCUT2D eigenvalue weighted by atomic mass is 127. The maximum absolute atomic E-state index is 11.4. The Hall–Kier alpha value is -0.780. The van der Waals surface area contributed by atoms with Crippen molar-refractivity contribution >= 4 is 33.6 Å². The van der Waals surface area contributed by atoms with Crippen molar-refractivity contribution in [3.05, 3.63) is 34.7 Å². The van der Waals surface area contributed by atoms with E-state index in [0.29, 0.717) is 0 Å². The predicted molar refractivity (Wildman–Crippen MR) is 61.4 cm³/mol. The molecule has 0 radical (unpaired) electrons. The second kappa shape index (κ2) is 3.53. The number of aryl methyl sites for hydroxylation is 1. The van der Waals surface area contributed by atoms with Crippen LogP contribution in [0.3, 0.4) is 0 Å². The highest BCUT2D eigenvalue weighted by molar-refractivity contribution is 14.1. The summed E-state index contributed by atoms with van der Waals surface area (Å²) in [4.78, 5) is 14.2. The number of aromatic amines is 1. The van der Waals surface area contributed by atoms with Gasteiger partial charge in [0.2, 0.25) is 0 Å².